The molecule has 3 heterocycles. The number of rotatable bonds is 3. The minimum Gasteiger partial charge on any atom is -0.508 e. The fraction of sp³-hybridized carbons (Fsp3) is 0.294. The zero-order chi connectivity index (χ0) is 14.9. The predicted octanol–water partition coefficient (Wildman–Crippen LogP) is 2.26. The highest BCUT2D eigenvalue weighted by molar-refractivity contribution is 5.71. The Morgan fingerprint density at radius 1 is 1.23 bits per heavy atom. The average molecular weight is 294 g/mol. The first-order chi connectivity index (χ1) is 10.8. The van der Waals surface area contributed by atoms with Gasteiger partial charge in [-0.2, -0.15) is 0 Å². The van der Waals surface area contributed by atoms with Crippen molar-refractivity contribution in [3.63, 3.8) is 0 Å². The van der Waals surface area contributed by atoms with Gasteiger partial charge in [0.05, 0.1) is 6.54 Å². The Morgan fingerprint density at radius 2 is 2.09 bits per heavy atom. The quantitative estimate of drug-likeness (QED) is 0.778. The fourth-order valence-electron chi connectivity index (χ4n) is 3.10. The molecule has 1 atom stereocenters. The largest absolute Gasteiger partial charge is 0.508 e. The summed E-state index contributed by atoms with van der Waals surface area (Å²) in [6.07, 6.45) is 2.92. The smallest absolute Gasteiger partial charge is 0.160 e. The summed E-state index contributed by atoms with van der Waals surface area (Å²) < 4.78 is 2.21. The monoisotopic (exact) mass is 294 g/mol. The SMILES string of the molecule is Oc1ccc(Cn2c(C3CCNC3)nc3cccnc32)cc1. The van der Waals surface area contributed by atoms with Crippen LogP contribution in [0.25, 0.3) is 11.2 Å². The lowest BCUT2D eigenvalue weighted by molar-refractivity contribution is 0.475. The Labute approximate surface area is 128 Å². The van der Waals surface area contributed by atoms with Crippen LogP contribution in [0.4, 0.5) is 0 Å². The molecule has 0 bridgehead atoms. The van der Waals surface area contributed by atoms with E-state index in [2.05, 4.69) is 14.9 Å². The molecule has 0 aliphatic carbocycles. The number of aromatic hydroxyl groups is 1. The Hall–Kier alpha value is -2.40. The second kappa shape index (κ2) is 5.42. The van der Waals surface area contributed by atoms with E-state index < -0.39 is 0 Å². The molecule has 5 nitrogen and oxygen atoms in total. The first kappa shape index (κ1) is 13.3. The van der Waals surface area contributed by atoms with Gasteiger partial charge in [0.1, 0.15) is 17.1 Å². The van der Waals surface area contributed by atoms with Crippen molar-refractivity contribution in [1.29, 1.82) is 0 Å². The van der Waals surface area contributed by atoms with Crippen molar-refractivity contribution < 1.29 is 5.11 Å². The van der Waals surface area contributed by atoms with Gasteiger partial charge in [-0.1, -0.05) is 12.1 Å². The maximum atomic E-state index is 9.44. The second-order valence-corrected chi connectivity index (χ2v) is 5.76. The van der Waals surface area contributed by atoms with Gasteiger partial charge >= 0.3 is 0 Å². The van der Waals surface area contributed by atoms with Gasteiger partial charge in [-0.05, 0) is 42.8 Å². The fourth-order valence-corrected chi connectivity index (χ4v) is 3.10. The molecular formula is C17H18N4O. The molecular weight excluding hydrogens is 276 g/mol. The molecule has 1 aromatic carbocycles. The van der Waals surface area contributed by atoms with E-state index in [0.29, 0.717) is 5.92 Å². The highest BCUT2D eigenvalue weighted by Crippen LogP contribution is 2.26. The van der Waals surface area contributed by atoms with Crippen molar-refractivity contribution in [3.05, 3.63) is 54.0 Å². The molecule has 1 fully saturated rings. The Morgan fingerprint density at radius 3 is 2.86 bits per heavy atom. The summed E-state index contributed by atoms with van der Waals surface area (Å²) >= 11 is 0. The zero-order valence-corrected chi connectivity index (χ0v) is 12.2. The lowest BCUT2D eigenvalue weighted by Crippen LogP contribution is -2.13. The van der Waals surface area contributed by atoms with E-state index >= 15 is 0 Å². The number of nitrogens with one attached hydrogen (secondary N) is 1. The number of benzene rings is 1. The topological polar surface area (TPSA) is 63.0 Å². The van der Waals surface area contributed by atoms with Gasteiger partial charge in [-0.25, -0.2) is 9.97 Å². The van der Waals surface area contributed by atoms with Crippen molar-refractivity contribution >= 4 is 11.2 Å². The summed E-state index contributed by atoms with van der Waals surface area (Å²) in [5, 5.41) is 12.8. The summed E-state index contributed by atoms with van der Waals surface area (Å²) in [6, 6.07) is 11.3. The Kier molecular flexibility index (Phi) is 3.27. The van der Waals surface area contributed by atoms with Crippen LogP contribution in [0.5, 0.6) is 5.75 Å². The Balaban J connectivity index is 1.79. The number of hydrogen-bond donors (Lipinski definition) is 2. The minimum atomic E-state index is 0.289. The van der Waals surface area contributed by atoms with Gasteiger partial charge in [-0.3, -0.25) is 0 Å². The summed E-state index contributed by atoms with van der Waals surface area (Å²) in [6.45, 7) is 2.74. The van der Waals surface area contributed by atoms with Gasteiger partial charge in [0.15, 0.2) is 5.65 Å². The number of phenolic OH excluding ortho intramolecular Hbond substituents is 1. The lowest BCUT2D eigenvalue weighted by atomic mass is 10.1. The van der Waals surface area contributed by atoms with Crippen LogP contribution < -0.4 is 5.32 Å². The molecule has 1 saturated heterocycles. The van der Waals surface area contributed by atoms with Crippen LogP contribution in [0.2, 0.25) is 0 Å². The van der Waals surface area contributed by atoms with Gasteiger partial charge in [0, 0.05) is 18.7 Å². The molecule has 2 aromatic heterocycles. The van der Waals surface area contributed by atoms with Crippen LogP contribution in [0.1, 0.15) is 23.7 Å². The lowest BCUT2D eigenvalue weighted by Gasteiger charge is -2.13. The van der Waals surface area contributed by atoms with Crippen LogP contribution >= 0.6 is 0 Å². The van der Waals surface area contributed by atoms with E-state index in [1.807, 2.05) is 30.5 Å². The normalized spacial score (nSPS) is 18.1. The average Bonchev–Trinajstić information content (AvgIpc) is 3.18. The predicted molar refractivity (Wildman–Crippen MR) is 85.0 cm³/mol. The summed E-state index contributed by atoms with van der Waals surface area (Å²) in [7, 11) is 0. The number of imidazole rings is 1. The molecule has 22 heavy (non-hydrogen) atoms. The first-order valence-electron chi connectivity index (χ1n) is 7.61. The van der Waals surface area contributed by atoms with Crippen LogP contribution in [0.15, 0.2) is 42.6 Å². The molecule has 4 rings (SSSR count). The summed E-state index contributed by atoms with van der Waals surface area (Å²) in [4.78, 5) is 9.34. The third-order valence-electron chi connectivity index (χ3n) is 4.24. The molecule has 0 saturated carbocycles. The van der Waals surface area contributed by atoms with Crippen molar-refractivity contribution in [3.8, 4) is 5.75 Å². The van der Waals surface area contributed by atoms with Gasteiger partial charge in [0.2, 0.25) is 0 Å². The first-order valence-corrected chi connectivity index (χ1v) is 7.61. The van der Waals surface area contributed by atoms with E-state index in [9.17, 15) is 5.11 Å². The highest BCUT2D eigenvalue weighted by atomic mass is 16.3. The molecule has 1 unspecified atom stereocenters. The third-order valence-corrected chi connectivity index (χ3v) is 4.24. The van der Waals surface area contributed by atoms with Crippen LogP contribution in [0.3, 0.4) is 0 Å². The van der Waals surface area contributed by atoms with Crippen molar-refractivity contribution in [1.82, 2.24) is 19.9 Å². The number of fused-ring (bicyclic) bond motifs is 1. The number of phenols is 1. The third kappa shape index (κ3) is 2.33. The van der Waals surface area contributed by atoms with Crippen molar-refractivity contribution in [2.24, 2.45) is 0 Å². The molecule has 5 heteroatoms. The molecule has 1 aliphatic heterocycles. The summed E-state index contributed by atoms with van der Waals surface area (Å²) in [5.74, 6) is 1.83. The number of nitrogens with zero attached hydrogens (tertiary/aromatic N) is 3. The number of pyridine rings is 1. The molecule has 112 valence electrons. The molecule has 3 aromatic rings. The molecule has 0 amide bonds. The van der Waals surface area contributed by atoms with Crippen molar-refractivity contribution in [2.45, 2.75) is 18.9 Å². The van der Waals surface area contributed by atoms with E-state index in [-0.39, 0.29) is 5.75 Å². The van der Waals surface area contributed by atoms with E-state index in [1.54, 1.807) is 12.1 Å². The molecule has 0 radical (unpaired) electrons. The van der Waals surface area contributed by atoms with Crippen molar-refractivity contribution in [2.75, 3.05) is 13.1 Å². The van der Waals surface area contributed by atoms with Gasteiger partial charge in [0.25, 0.3) is 0 Å². The van der Waals surface area contributed by atoms with Crippen LogP contribution in [-0.4, -0.2) is 32.7 Å². The highest BCUT2D eigenvalue weighted by Gasteiger charge is 2.23. The van der Waals surface area contributed by atoms with Crippen LogP contribution in [0, 0.1) is 0 Å². The maximum Gasteiger partial charge on any atom is 0.160 e. The van der Waals surface area contributed by atoms with Gasteiger partial charge in [-0.15, -0.1) is 0 Å². The number of aromatic nitrogens is 3. The summed E-state index contributed by atoms with van der Waals surface area (Å²) in [5.41, 5.74) is 3.01. The molecule has 1 aliphatic rings. The van der Waals surface area contributed by atoms with Crippen LogP contribution in [-0.2, 0) is 6.54 Å². The molecule has 2 N–H and O–H groups in total. The minimum absolute atomic E-state index is 0.289. The Bertz CT molecular complexity index is 788. The van der Waals surface area contributed by atoms with E-state index in [1.165, 1.54) is 0 Å². The van der Waals surface area contributed by atoms with E-state index in [4.69, 9.17) is 4.98 Å². The zero-order valence-electron chi connectivity index (χ0n) is 12.2. The maximum absolute atomic E-state index is 9.44. The van der Waals surface area contributed by atoms with E-state index in [0.717, 1.165) is 48.6 Å². The number of hydrogen-bond acceptors (Lipinski definition) is 4. The van der Waals surface area contributed by atoms with Gasteiger partial charge < -0.3 is 15.0 Å². The second-order valence-electron chi connectivity index (χ2n) is 5.76. The molecule has 0 spiro atoms. The standard InChI is InChI=1S/C17H18N4O/c22-14-5-3-12(4-6-14)11-21-16(13-7-9-18-10-13)20-15-2-1-8-19-17(15)21/h1-6,8,13,18,22H,7,9-11H2.